The minimum atomic E-state index is -0.0416. The highest BCUT2D eigenvalue weighted by Gasteiger charge is 2.08. The number of aromatic nitrogens is 1. The van der Waals surface area contributed by atoms with Crippen LogP contribution in [0.15, 0.2) is 37.1 Å². The van der Waals surface area contributed by atoms with Crippen molar-refractivity contribution in [1.29, 1.82) is 0 Å². The topological polar surface area (TPSA) is 32.9 Å². The first kappa shape index (κ1) is 8.75. The molecule has 2 rings (SSSR count). The fraction of sp³-hybridized carbons (Fsp3) is 0.0833. The van der Waals surface area contributed by atoms with E-state index in [-0.39, 0.29) is 5.78 Å². The molecule has 0 fully saturated rings. The Hall–Kier alpha value is -1.83. The Bertz CT molecular complexity index is 508. The molecule has 0 spiro atoms. The molecule has 1 aromatic carbocycles. The van der Waals surface area contributed by atoms with Gasteiger partial charge in [-0.2, -0.15) is 0 Å². The van der Waals surface area contributed by atoms with Gasteiger partial charge in [-0.15, -0.1) is 0 Å². The van der Waals surface area contributed by atoms with E-state index in [1.165, 1.54) is 11.6 Å². The SMILES string of the molecule is C=CC(=O)c1c[nH]c2cc(C)ccc12. The van der Waals surface area contributed by atoms with E-state index in [0.717, 1.165) is 10.9 Å². The number of rotatable bonds is 2. The van der Waals surface area contributed by atoms with Crippen molar-refractivity contribution < 1.29 is 4.79 Å². The number of fused-ring (bicyclic) bond motifs is 1. The lowest BCUT2D eigenvalue weighted by Gasteiger charge is -1.94. The second kappa shape index (κ2) is 3.14. The van der Waals surface area contributed by atoms with Crippen molar-refractivity contribution in [2.75, 3.05) is 0 Å². The van der Waals surface area contributed by atoms with E-state index in [0.29, 0.717) is 5.56 Å². The average molecular weight is 185 g/mol. The third kappa shape index (κ3) is 1.25. The maximum Gasteiger partial charge on any atom is 0.187 e. The number of benzene rings is 1. The summed E-state index contributed by atoms with van der Waals surface area (Å²) < 4.78 is 0. The average Bonchev–Trinajstić information content (AvgIpc) is 2.59. The normalized spacial score (nSPS) is 10.4. The van der Waals surface area contributed by atoms with Crippen molar-refractivity contribution in [2.45, 2.75) is 6.92 Å². The third-order valence-electron chi connectivity index (χ3n) is 2.29. The molecule has 0 unspecified atom stereocenters. The molecule has 70 valence electrons. The highest BCUT2D eigenvalue weighted by molar-refractivity contribution is 6.13. The predicted octanol–water partition coefficient (Wildman–Crippen LogP) is 2.85. The van der Waals surface area contributed by atoms with Crippen molar-refractivity contribution in [3.63, 3.8) is 0 Å². The fourth-order valence-corrected chi connectivity index (χ4v) is 1.55. The number of carbonyl (C=O) groups is 1. The van der Waals surface area contributed by atoms with Crippen LogP contribution in [0.1, 0.15) is 15.9 Å². The summed E-state index contributed by atoms with van der Waals surface area (Å²) in [5.74, 6) is -0.0416. The van der Waals surface area contributed by atoms with Crippen LogP contribution in [-0.2, 0) is 0 Å². The van der Waals surface area contributed by atoms with Crippen LogP contribution in [0.4, 0.5) is 0 Å². The van der Waals surface area contributed by atoms with Gasteiger partial charge >= 0.3 is 0 Å². The van der Waals surface area contributed by atoms with E-state index in [4.69, 9.17) is 0 Å². The lowest BCUT2D eigenvalue weighted by atomic mass is 10.1. The maximum absolute atomic E-state index is 11.4. The Balaban J connectivity index is 2.69. The lowest BCUT2D eigenvalue weighted by Crippen LogP contribution is -1.90. The second-order valence-corrected chi connectivity index (χ2v) is 3.32. The zero-order valence-corrected chi connectivity index (χ0v) is 8.00. The van der Waals surface area contributed by atoms with Gasteiger partial charge in [-0.1, -0.05) is 18.7 Å². The molecule has 2 nitrogen and oxygen atoms in total. The van der Waals surface area contributed by atoms with Crippen LogP contribution in [0.25, 0.3) is 10.9 Å². The van der Waals surface area contributed by atoms with Crippen molar-refractivity contribution in [1.82, 2.24) is 4.98 Å². The summed E-state index contributed by atoms with van der Waals surface area (Å²) in [5.41, 5.74) is 2.86. The number of aryl methyl sites for hydroxylation is 1. The Morgan fingerprint density at radius 3 is 3.00 bits per heavy atom. The van der Waals surface area contributed by atoms with Gasteiger partial charge in [0.2, 0.25) is 0 Å². The van der Waals surface area contributed by atoms with Gasteiger partial charge in [-0.3, -0.25) is 4.79 Å². The van der Waals surface area contributed by atoms with Crippen molar-refractivity contribution >= 4 is 16.7 Å². The van der Waals surface area contributed by atoms with Gasteiger partial charge < -0.3 is 4.98 Å². The molecule has 1 heterocycles. The molecule has 2 aromatic rings. The van der Waals surface area contributed by atoms with Crippen molar-refractivity contribution in [3.8, 4) is 0 Å². The first-order valence-corrected chi connectivity index (χ1v) is 4.47. The van der Waals surface area contributed by atoms with Gasteiger partial charge in [-0.25, -0.2) is 0 Å². The maximum atomic E-state index is 11.4. The lowest BCUT2D eigenvalue weighted by molar-refractivity contribution is 0.104. The van der Waals surface area contributed by atoms with Gasteiger partial charge in [0.1, 0.15) is 0 Å². The Kier molecular flexibility index (Phi) is 1.97. The number of ketones is 1. The van der Waals surface area contributed by atoms with Crippen LogP contribution in [0, 0.1) is 6.92 Å². The quantitative estimate of drug-likeness (QED) is 0.566. The monoisotopic (exact) mass is 185 g/mol. The van der Waals surface area contributed by atoms with Crippen LogP contribution in [0.5, 0.6) is 0 Å². The highest BCUT2D eigenvalue weighted by atomic mass is 16.1. The molecule has 0 saturated carbocycles. The molecular weight excluding hydrogens is 174 g/mol. The summed E-state index contributed by atoms with van der Waals surface area (Å²) >= 11 is 0. The van der Waals surface area contributed by atoms with Gasteiger partial charge in [0, 0.05) is 22.7 Å². The molecule has 0 bridgehead atoms. The zero-order valence-electron chi connectivity index (χ0n) is 8.00. The molecule has 0 atom stereocenters. The first-order chi connectivity index (χ1) is 6.72. The highest BCUT2D eigenvalue weighted by Crippen LogP contribution is 2.19. The van der Waals surface area contributed by atoms with Crippen molar-refractivity contribution in [2.24, 2.45) is 0 Å². The summed E-state index contributed by atoms with van der Waals surface area (Å²) in [5, 5.41) is 0.959. The van der Waals surface area contributed by atoms with E-state index >= 15 is 0 Å². The van der Waals surface area contributed by atoms with Gasteiger partial charge in [0.05, 0.1) is 0 Å². The van der Waals surface area contributed by atoms with E-state index in [1.807, 2.05) is 25.1 Å². The Morgan fingerprint density at radius 2 is 2.29 bits per heavy atom. The van der Waals surface area contributed by atoms with Gasteiger partial charge in [-0.05, 0) is 24.6 Å². The van der Waals surface area contributed by atoms with E-state index in [9.17, 15) is 4.79 Å². The van der Waals surface area contributed by atoms with E-state index in [1.54, 1.807) is 6.20 Å². The minimum absolute atomic E-state index is 0.0416. The van der Waals surface area contributed by atoms with Crippen molar-refractivity contribution in [3.05, 3.63) is 48.2 Å². The Labute approximate surface area is 82.3 Å². The van der Waals surface area contributed by atoms with Gasteiger partial charge in [0.15, 0.2) is 5.78 Å². The fourth-order valence-electron chi connectivity index (χ4n) is 1.55. The molecule has 0 aliphatic rings. The molecule has 0 saturated heterocycles. The summed E-state index contributed by atoms with van der Waals surface area (Å²) in [4.78, 5) is 14.5. The summed E-state index contributed by atoms with van der Waals surface area (Å²) in [7, 11) is 0. The summed E-state index contributed by atoms with van der Waals surface area (Å²) in [6.45, 7) is 5.50. The number of nitrogens with one attached hydrogen (secondary N) is 1. The zero-order chi connectivity index (χ0) is 10.1. The molecule has 0 aliphatic carbocycles. The molecule has 2 heteroatoms. The van der Waals surface area contributed by atoms with Crippen LogP contribution in [0.3, 0.4) is 0 Å². The van der Waals surface area contributed by atoms with Crippen LogP contribution in [-0.4, -0.2) is 10.8 Å². The van der Waals surface area contributed by atoms with Crippen LogP contribution < -0.4 is 0 Å². The standard InChI is InChI=1S/C12H11NO/c1-3-12(14)10-7-13-11-6-8(2)4-5-9(10)11/h3-7,13H,1H2,2H3. The number of hydrogen-bond donors (Lipinski definition) is 1. The predicted molar refractivity (Wildman–Crippen MR) is 57.6 cm³/mol. The van der Waals surface area contributed by atoms with Gasteiger partial charge in [0.25, 0.3) is 0 Å². The number of aromatic amines is 1. The summed E-state index contributed by atoms with van der Waals surface area (Å²) in [6.07, 6.45) is 3.07. The molecule has 14 heavy (non-hydrogen) atoms. The number of hydrogen-bond acceptors (Lipinski definition) is 1. The molecule has 1 N–H and O–H groups in total. The van der Waals surface area contributed by atoms with Crippen LogP contribution >= 0.6 is 0 Å². The number of H-pyrrole nitrogens is 1. The van der Waals surface area contributed by atoms with E-state index in [2.05, 4.69) is 11.6 Å². The molecule has 0 amide bonds. The molecule has 1 aromatic heterocycles. The van der Waals surface area contributed by atoms with Crippen LogP contribution in [0.2, 0.25) is 0 Å². The molecular formula is C12H11NO. The number of allylic oxidation sites excluding steroid dienone is 1. The second-order valence-electron chi connectivity index (χ2n) is 3.32. The third-order valence-corrected chi connectivity index (χ3v) is 2.29. The van der Waals surface area contributed by atoms with E-state index < -0.39 is 0 Å². The minimum Gasteiger partial charge on any atom is -0.360 e. The molecule has 0 radical (unpaired) electrons. The molecule has 0 aliphatic heterocycles. The largest absolute Gasteiger partial charge is 0.360 e. The number of carbonyl (C=O) groups excluding carboxylic acids is 1. The first-order valence-electron chi connectivity index (χ1n) is 4.47. The summed E-state index contributed by atoms with van der Waals surface area (Å²) in [6, 6.07) is 5.98. The smallest absolute Gasteiger partial charge is 0.187 e. The Morgan fingerprint density at radius 1 is 1.50 bits per heavy atom.